The van der Waals surface area contributed by atoms with Crippen molar-refractivity contribution in [2.24, 2.45) is 7.05 Å². The number of amides is 3. The normalized spacial score (nSPS) is 15.9. The molecule has 1 aliphatic heterocycles. The van der Waals surface area contributed by atoms with Crippen LogP contribution in [0.3, 0.4) is 0 Å². The number of para-hydroxylation sites is 1. The van der Waals surface area contributed by atoms with Crippen LogP contribution in [0.1, 0.15) is 16.9 Å². The lowest BCUT2D eigenvalue weighted by Crippen LogP contribution is -2.44. The molecule has 1 aromatic carbocycles. The maximum absolute atomic E-state index is 12.1. The Morgan fingerprint density at radius 2 is 2.08 bits per heavy atom. The Kier molecular flexibility index (Phi) is 5.14. The highest BCUT2D eigenvalue weighted by atomic mass is 79.9. The van der Waals surface area contributed by atoms with Crippen molar-refractivity contribution in [2.45, 2.75) is 16.6 Å². The lowest BCUT2D eigenvalue weighted by Gasteiger charge is -2.23. The number of anilines is 1. The molecule has 1 atom stereocenters. The van der Waals surface area contributed by atoms with E-state index in [1.54, 1.807) is 23.9 Å². The fourth-order valence-corrected chi connectivity index (χ4v) is 4.02. The molecule has 0 fully saturated rings. The fraction of sp³-hybridized carbons (Fsp3) is 0.188. The van der Waals surface area contributed by atoms with Gasteiger partial charge in [-0.1, -0.05) is 12.1 Å². The molecule has 130 valence electrons. The summed E-state index contributed by atoms with van der Waals surface area (Å²) >= 11 is 4.62. The van der Waals surface area contributed by atoms with Gasteiger partial charge in [0.1, 0.15) is 5.69 Å². The summed E-state index contributed by atoms with van der Waals surface area (Å²) in [5.74, 6) is -1.10. The van der Waals surface area contributed by atoms with Crippen molar-refractivity contribution < 1.29 is 14.4 Å². The molecule has 25 heavy (non-hydrogen) atoms. The van der Waals surface area contributed by atoms with Crippen LogP contribution in [0.5, 0.6) is 0 Å². The number of benzene rings is 1. The Hall–Kier alpha value is -2.26. The van der Waals surface area contributed by atoms with E-state index in [1.807, 2.05) is 24.3 Å². The maximum Gasteiger partial charge on any atom is 0.286 e. The van der Waals surface area contributed by atoms with Gasteiger partial charge in [0, 0.05) is 29.0 Å². The topological polar surface area (TPSA) is 92.2 Å². The third kappa shape index (κ3) is 4.05. The number of hydrogen-bond donors (Lipinski definition) is 3. The predicted molar refractivity (Wildman–Crippen MR) is 98.1 cm³/mol. The van der Waals surface area contributed by atoms with E-state index >= 15 is 0 Å². The van der Waals surface area contributed by atoms with Crippen molar-refractivity contribution in [2.75, 3.05) is 5.32 Å². The van der Waals surface area contributed by atoms with Crippen molar-refractivity contribution in [3.63, 3.8) is 0 Å². The number of fused-ring (bicyclic) bond motifs is 1. The number of aryl methyl sites for hydroxylation is 1. The van der Waals surface area contributed by atoms with Gasteiger partial charge in [0.15, 0.2) is 0 Å². The number of thioether (sulfide) groups is 1. The smallest absolute Gasteiger partial charge is 0.286 e. The quantitative estimate of drug-likeness (QED) is 0.659. The van der Waals surface area contributed by atoms with E-state index in [2.05, 4.69) is 32.1 Å². The van der Waals surface area contributed by atoms with Crippen molar-refractivity contribution in [3.05, 3.63) is 46.7 Å². The zero-order valence-electron chi connectivity index (χ0n) is 13.2. The van der Waals surface area contributed by atoms with Gasteiger partial charge in [-0.3, -0.25) is 25.2 Å². The van der Waals surface area contributed by atoms with Gasteiger partial charge in [-0.2, -0.15) is 0 Å². The minimum absolute atomic E-state index is 0.0397. The summed E-state index contributed by atoms with van der Waals surface area (Å²) in [7, 11) is 1.72. The average molecular weight is 423 g/mol. The van der Waals surface area contributed by atoms with Crippen LogP contribution in [0.15, 0.2) is 45.9 Å². The van der Waals surface area contributed by atoms with Gasteiger partial charge in [-0.25, -0.2) is 0 Å². The number of carbonyl (C=O) groups excluding carboxylic acids is 3. The Labute approximate surface area is 156 Å². The lowest BCUT2D eigenvalue weighted by molar-refractivity contribution is -0.124. The minimum atomic E-state index is -0.545. The summed E-state index contributed by atoms with van der Waals surface area (Å²) in [6.07, 6.45) is 1.69. The summed E-state index contributed by atoms with van der Waals surface area (Å²) in [6.45, 7) is 0. The molecule has 0 saturated heterocycles. The molecule has 1 aliphatic rings. The summed E-state index contributed by atoms with van der Waals surface area (Å²) < 4.78 is 2.40. The van der Waals surface area contributed by atoms with Crippen molar-refractivity contribution in [1.82, 2.24) is 15.4 Å². The van der Waals surface area contributed by atoms with Crippen LogP contribution >= 0.6 is 27.7 Å². The first-order chi connectivity index (χ1) is 11.9. The molecule has 3 N–H and O–H groups in total. The molecule has 0 bridgehead atoms. The third-order valence-corrected chi connectivity index (χ3v) is 5.31. The van der Waals surface area contributed by atoms with E-state index in [0.29, 0.717) is 5.69 Å². The Balaban J connectivity index is 1.55. The molecule has 0 aliphatic carbocycles. The number of aromatic nitrogens is 1. The molecule has 1 unspecified atom stereocenters. The summed E-state index contributed by atoms with van der Waals surface area (Å²) in [6, 6.07) is 9.06. The van der Waals surface area contributed by atoms with Crippen molar-refractivity contribution >= 4 is 51.1 Å². The summed E-state index contributed by atoms with van der Waals surface area (Å²) in [5, 5.41) is 2.24. The fourth-order valence-electron chi connectivity index (χ4n) is 2.39. The molecule has 1 aromatic heterocycles. The second kappa shape index (κ2) is 7.32. The van der Waals surface area contributed by atoms with E-state index in [4.69, 9.17) is 0 Å². The Morgan fingerprint density at radius 3 is 2.80 bits per heavy atom. The third-order valence-electron chi connectivity index (χ3n) is 3.60. The number of rotatable bonds is 3. The van der Waals surface area contributed by atoms with Gasteiger partial charge >= 0.3 is 0 Å². The van der Waals surface area contributed by atoms with Crippen LogP contribution in [0, 0.1) is 0 Å². The number of hydrogen-bond acceptors (Lipinski definition) is 4. The molecule has 9 heteroatoms. The van der Waals surface area contributed by atoms with Crippen LogP contribution in [0.4, 0.5) is 5.69 Å². The van der Waals surface area contributed by atoms with Gasteiger partial charge in [0.2, 0.25) is 11.8 Å². The molecule has 2 aromatic rings. The number of carbonyl (C=O) groups is 3. The molecule has 7 nitrogen and oxygen atoms in total. The minimum Gasteiger partial charge on any atom is -0.345 e. The van der Waals surface area contributed by atoms with Crippen LogP contribution < -0.4 is 16.2 Å². The van der Waals surface area contributed by atoms with Crippen molar-refractivity contribution in [1.29, 1.82) is 0 Å². The van der Waals surface area contributed by atoms with Gasteiger partial charge in [0.25, 0.3) is 5.91 Å². The molecule has 3 amide bonds. The molecular formula is C16H15BrN4O3S. The van der Waals surface area contributed by atoms with Gasteiger partial charge < -0.3 is 9.88 Å². The molecular weight excluding hydrogens is 408 g/mol. The number of nitrogens with one attached hydrogen (secondary N) is 3. The highest BCUT2D eigenvalue weighted by molar-refractivity contribution is 9.10. The van der Waals surface area contributed by atoms with Crippen LogP contribution in [0.2, 0.25) is 0 Å². The van der Waals surface area contributed by atoms with Crippen LogP contribution in [-0.2, 0) is 16.6 Å². The molecule has 0 radical (unpaired) electrons. The van der Waals surface area contributed by atoms with E-state index in [0.717, 1.165) is 15.1 Å². The second-order valence-electron chi connectivity index (χ2n) is 5.45. The number of nitrogens with zero attached hydrogens (tertiary/aromatic N) is 1. The zero-order chi connectivity index (χ0) is 18.0. The number of halogens is 1. The van der Waals surface area contributed by atoms with Crippen LogP contribution in [0.25, 0.3) is 0 Å². The molecule has 3 rings (SSSR count). The lowest BCUT2D eigenvalue weighted by atomic mass is 10.2. The average Bonchev–Trinajstić information content (AvgIpc) is 2.92. The summed E-state index contributed by atoms with van der Waals surface area (Å²) in [4.78, 5) is 37.1. The monoisotopic (exact) mass is 422 g/mol. The first-order valence-corrected chi connectivity index (χ1v) is 9.09. The zero-order valence-corrected chi connectivity index (χ0v) is 15.6. The first kappa shape index (κ1) is 17.6. The molecule has 0 saturated carbocycles. The standard InChI is InChI=1S/C16H15BrN4O3S/c1-21-8-9(17)6-11(21)15(23)20-19-14(22)7-13-16(24)18-10-4-2-3-5-12(10)25-13/h2-6,8,13H,7H2,1H3,(H,18,24)(H,19,22)(H,20,23). The SMILES string of the molecule is Cn1cc(Br)cc1C(=O)NNC(=O)CC1Sc2ccccc2NC1=O. The van der Waals surface area contributed by atoms with E-state index in [-0.39, 0.29) is 12.3 Å². The van der Waals surface area contributed by atoms with E-state index in [9.17, 15) is 14.4 Å². The van der Waals surface area contributed by atoms with Gasteiger partial charge in [-0.05, 0) is 34.1 Å². The largest absolute Gasteiger partial charge is 0.345 e. The maximum atomic E-state index is 12.1. The Morgan fingerprint density at radius 1 is 1.32 bits per heavy atom. The van der Waals surface area contributed by atoms with E-state index in [1.165, 1.54) is 11.8 Å². The number of hydrazine groups is 1. The van der Waals surface area contributed by atoms with Gasteiger partial charge in [-0.15, -0.1) is 11.8 Å². The first-order valence-electron chi connectivity index (χ1n) is 7.41. The van der Waals surface area contributed by atoms with E-state index < -0.39 is 17.1 Å². The summed E-state index contributed by atoms with van der Waals surface area (Å²) in [5.41, 5.74) is 5.85. The predicted octanol–water partition coefficient (Wildman–Crippen LogP) is 2.05. The molecule has 0 spiro atoms. The molecule has 2 heterocycles. The Bertz CT molecular complexity index is 852. The van der Waals surface area contributed by atoms with Crippen LogP contribution in [-0.4, -0.2) is 27.5 Å². The van der Waals surface area contributed by atoms with Gasteiger partial charge in [0.05, 0.1) is 10.9 Å². The highest BCUT2D eigenvalue weighted by Gasteiger charge is 2.28. The highest BCUT2D eigenvalue weighted by Crippen LogP contribution is 2.36. The van der Waals surface area contributed by atoms with Crippen molar-refractivity contribution in [3.8, 4) is 0 Å². The second-order valence-corrected chi connectivity index (χ2v) is 7.61.